The number of nitrogens with one attached hydrogen (secondary N) is 2. The Balaban J connectivity index is 2.13. The fourth-order valence-corrected chi connectivity index (χ4v) is 1.75. The van der Waals surface area contributed by atoms with Gasteiger partial charge in [-0.25, -0.2) is 13.6 Å². The molecule has 2 aromatic rings. The van der Waals surface area contributed by atoms with E-state index in [1.165, 1.54) is 24.3 Å². The fourth-order valence-electron chi connectivity index (χ4n) is 1.75. The van der Waals surface area contributed by atoms with Crippen LogP contribution in [-0.2, 0) is 0 Å². The van der Waals surface area contributed by atoms with Crippen LogP contribution in [0.2, 0.25) is 0 Å². The SMILES string of the molecule is Cc1ccc(F)c(NC(=O)Nc2cccc(F)c2C)c1. The van der Waals surface area contributed by atoms with E-state index < -0.39 is 17.7 Å². The molecule has 2 aromatic carbocycles. The predicted molar refractivity (Wildman–Crippen MR) is 74.9 cm³/mol. The lowest BCUT2D eigenvalue weighted by molar-refractivity contribution is 0.262. The van der Waals surface area contributed by atoms with Gasteiger partial charge < -0.3 is 10.6 Å². The van der Waals surface area contributed by atoms with Gasteiger partial charge in [-0.3, -0.25) is 0 Å². The highest BCUT2D eigenvalue weighted by Gasteiger charge is 2.10. The second-order valence-corrected chi connectivity index (χ2v) is 4.47. The quantitative estimate of drug-likeness (QED) is 0.847. The van der Waals surface area contributed by atoms with E-state index in [2.05, 4.69) is 10.6 Å². The molecular formula is C15H14F2N2O. The Kier molecular flexibility index (Phi) is 3.98. The summed E-state index contributed by atoms with van der Waals surface area (Å²) in [6.07, 6.45) is 0. The molecule has 0 saturated heterocycles. The molecule has 3 nitrogen and oxygen atoms in total. The van der Waals surface area contributed by atoms with Crippen LogP contribution in [0.15, 0.2) is 36.4 Å². The van der Waals surface area contributed by atoms with E-state index in [1.807, 2.05) is 0 Å². The summed E-state index contributed by atoms with van der Waals surface area (Å²) in [6, 6.07) is 8.15. The molecule has 2 N–H and O–H groups in total. The minimum atomic E-state index is -0.622. The summed E-state index contributed by atoms with van der Waals surface area (Å²) >= 11 is 0. The zero-order valence-corrected chi connectivity index (χ0v) is 11.1. The van der Waals surface area contributed by atoms with Crippen molar-refractivity contribution in [3.8, 4) is 0 Å². The van der Waals surface area contributed by atoms with Crippen molar-refractivity contribution in [2.75, 3.05) is 10.6 Å². The van der Waals surface area contributed by atoms with E-state index in [0.717, 1.165) is 5.56 Å². The molecule has 0 aliphatic heterocycles. The molecule has 0 radical (unpaired) electrons. The van der Waals surface area contributed by atoms with Crippen LogP contribution >= 0.6 is 0 Å². The van der Waals surface area contributed by atoms with Crippen molar-refractivity contribution >= 4 is 17.4 Å². The smallest absolute Gasteiger partial charge is 0.307 e. The van der Waals surface area contributed by atoms with Crippen molar-refractivity contribution in [1.29, 1.82) is 0 Å². The van der Waals surface area contributed by atoms with Gasteiger partial charge in [0.15, 0.2) is 0 Å². The Hall–Kier alpha value is -2.43. The van der Waals surface area contributed by atoms with E-state index >= 15 is 0 Å². The third-order valence-electron chi connectivity index (χ3n) is 2.89. The monoisotopic (exact) mass is 276 g/mol. The summed E-state index contributed by atoms with van der Waals surface area (Å²) in [4.78, 5) is 11.8. The number of halogens is 2. The van der Waals surface area contributed by atoms with Gasteiger partial charge in [0.05, 0.1) is 5.69 Å². The van der Waals surface area contributed by atoms with Crippen molar-refractivity contribution in [3.63, 3.8) is 0 Å². The summed E-state index contributed by atoms with van der Waals surface area (Å²) in [5.41, 5.74) is 1.57. The van der Waals surface area contributed by atoms with Gasteiger partial charge in [-0.1, -0.05) is 12.1 Å². The van der Waals surface area contributed by atoms with Crippen molar-refractivity contribution in [3.05, 3.63) is 59.2 Å². The molecule has 2 rings (SSSR count). The molecule has 0 saturated carbocycles. The summed E-state index contributed by atoms with van der Waals surface area (Å²) in [7, 11) is 0. The first-order valence-electron chi connectivity index (χ1n) is 6.06. The Morgan fingerprint density at radius 2 is 1.65 bits per heavy atom. The maximum atomic E-state index is 13.5. The van der Waals surface area contributed by atoms with Crippen LogP contribution < -0.4 is 10.6 Å². The van der Waals surface area contributed by atoms with Crippen LogP contribution in [0, 0.1) is 25.5 Å². The minimum absolute atomic E-state index is 0.0801. The van der Waals surface area contributed by atoms with E-state index in [0.29, 0.717) is 11.3 Å². The van der Waals surface area contributed by atoms with Crippen LogP contribution in [0.25, 0.3) is 0 Å². The molecule has 2 amide bonds. The number of urea groups is 1. The molecule has 0 spiro atoms. The van der Waals surface area contributed by atoms with Crippen molar-refractivity contribution in [2.24, 2.45) is 0 Å². The molecule has 0 unspecified atom stereocenters. The highest BCUT2D eigenvalue weighted by atomic mass is 19.1. The Morgan fingerprint density at radius 3 is 2.40 bits per heavy atom. The van der Waals surface area contributed by atoms with Crippen LogP contribution in [0.4, 0.5) is 25.0 Å². The van der Waals surface area contributed by atoms with E-state index in [9.17, 15) is 13.6 Å². The first-order valence-corrected chi connectivity index (χ1v) is 6.06. The summed E-state index contributed by atoms with van der Waals surface area (Å²) < 4.78 is 26.9. The summed E-state index contributed by atoms with van der Waals surface area (Å²) in [6.45, 7) is 3.34. The molecule has 0 aliphatic rings. The van der Waals surface area contributed by atoms with Crippen molar-refractivity contribution in [2.45, 2.75) is 13.8 Å². The number of hydrogen-bond acceptors (Lipinski definition) is 1. The first kappa shape index (κ1) is 14.0. The van der Waals surface area contributed by atoms with Crippen LogP contribution in [0.1, 0.15) is 11.1 Å². The Bertz CT molecular complexity index is 650. The number of anilines is 2. The number of benzene rings is 2. The van der Waals surface area contributed by atoms with Gasteiger partial charge in [0.1, 0.15) is 11.6 Å². The lowest BCUT2D eigenvalue weighted by Gasteiger charge is -2.11. The number of amides is 2. The van der Waals surface area contributed by atoms with Gasteiger partial charge in [0, 0.05) is 11.3 Å². The van der Waals surface area contributed by atoms with E-state index in [-0.39, 0.29) is 5.69 Å². The number of rotatable bonds is 2. The molecule has 0 atom stereocenters. The van der Waals surface area contributed by atoms with Crippen molar-refractivity contribution < 1.29 is 13.6 Å². The van der Waals surface area contributed by atoms with Gasteiger partial charge >= 0.3 is 6.03 Å². The normalized spacial score (nSPS) is 10.2. The van der Waals surface area contributed by atoms with Gasteiger partial charge in [0.2, 0.25) is 0 Å². The molecule has 0 heterocycles. The third-order valence-corrected chi connectivity index (χ3v) is 2.89. The van der Waals surface area contributed by atoms with Crippen LogP contribution in [0.5, 0.6) is 0 Å². The lowest BCUT2D eigenvalue weighted by atomic mass is 10.2. The number of aryl methyl sites for hydroxylation is 1. The molecule has 0 bridgehead atoms. The summed E-state index contributed by atoms with van der Waals surface area (Å²) in [5.74, 6) is -0.939. The highest BCUT2D eigenvalue weighted by molar-refractivity contribution is 6.00. The fraction of sp³-hybridized carbons (Fsp3) is 0.133. The average molecular weight is 276 g/mol. The highest BCUT2D eigenvalue weighted by Crippen LogP contribution is 2.19. The summed E-state index contributed by atoms with van der Waals surface area (Å²) in [5, 5.41) is 4.89. The average Bonchev–Trinajstić information content (AvgIpc) is 2.39. The molecule has 5 heteroatoms. The van der Waals surface area contributed by atoms with E-state index in [4.69, 9.17) is 0 Å². The van der Waals surface area contributed by atoms with Gasteiger partial charge in [-0.2, -0.15) is 0 Å². The van der Waals surface area contributed by atoms with Gasteiger partial charge in [-0.05, 0) is 43.7 Å². The van der Waals surface area contributed by atoms with Crippen LogP contribution in [0.3, 0.4) is 0 Å². The maximum absolute atomic E-state index is 13.5. The Labute approximate surface area is 115 Å². The van der Waals surface area contributed by atoms with Gasteiger partial charge in [-0.15, -0.1) is 0 Å². The maximum Gasteiger partial charge on any atom is 0.323 e. The van der Waals surface area contributed by atoms with E-state index in [1.54, 1.807) is 26.0 Å². The number of carbonyl (C=O) groups excluding carboxylic acids is 1. The zero-order valence-electron chi connectivity index (χ0n) is 11.1. The molecule has 104 valence electrons. The first-order chi connectivity index (χ1) is 9.47. The molecule has 0 aliphatic carbocycles. The molecule has 0 aromatic heterocycles. The number of hydrogen-bond donors (Lipinski definition) is 2. The lowest BCUT2D eigenvalue weighted by Crippen LogP contribution is -2.20. The second-order valence-electron chi connectivity index (χ2n) is 4.47. The van der Waals surface area contributed by atoms with Crippen molar-refractivity contribution in [1.82, 2.24) is 0 Å². The predicted octanol–water partition coefficient (Wildman–Crippen LogP) is 4.23. The molecular weight excluding hydrogens is 262 g/mol. The second kappa shape index (κ2) is 5.69. The minimum Gasteiger partial charge on any atom is -0.307 e. The van der Waals surface area contributed by atoms with Gasteiger partial charge in [0.25, 0.3) is 0 Å². The van der Waals surface area contributed by atoms with Crippen LogP contribution in [-0.4, -0.2) is 6.03 Å². The standard InChI is InChI=1S/C15H14F2N2O/c1-9-6-7-12(17)14(8-9)19-15(20)18-13-5-3-4-11(16)10(13)2/h3-8H,1-2H3,(H2,18,19,20). The largest absolute Gasteiger partial charge is 0.323 e. The third kappa shape index (κ3) is 3.12. The molecule has 0 fully saturated rings. The zero-order chi connectivity index (χ0) is 14.7. The molecule has 20 heavy (non-hydrogen) atoms. The number of carbonyl (C=O) groups is 1. The topological polar surface area (TPSA) is 41.1 Å². The Morgan fingerprint density at radius 1 is 0.950 bits per heavy atom.